The van der Waals surface area contributed by atoms with E-state index in [2.05, 4.69) is 0 Å². The second-order valence-corrected chi connectivity index (χ2v) is 5.35. The van der Waals surface area contributed by atoms with E-state index in [0.717, 1.165) is 29.0 Å². The first-order valence-electron chi connectivity index (χ1n) is 6.79. The van der Waals surface area contributed by atoms with Gasteiger partial charge in [-0.1, -0.05) is 0 Å². The van der Waals surface area contributed by atoms with Crippen molar-refractivity contribution >= 4 is 5.97 Å². The van der Waals surface area contributed by atoms with Crippen LogP contribution in [0.3, 0.4) is 0 Å². The van der Waals surface area contributed by atoms with Gasteiger partial charge in [-0.2, -0.15) is 0 Å². The number of hydrogen-bond acceptors (Lipinski definition) is 3. The van der Waals surface area contributed by atoms with Gasteiger partial charge in [0.15, 0.2) is 0 Å². The van der Waals surface area contributed by atoms with Gasteiger partial charge in [0, 0.05) is 23.5 Å². The standard InChI is InChI=1S/C15H18O4/c1-3-18-14-5-9-4-8(2)19-13(9)7-11(14)10-6-12(10)15(16)17/h5,7-8,10,12H,3-4,6H2,1-2H3,(H,16,17)/t8?,10-,12+/m0/s1. The van der Waals surface area contributed by atoms with Crippen molar-refractivity contribution in [2.75, 3.05) is 6.61 Å². The number of carbonyl (C=O) groups is 1. The number of aliphatic carboxylic acids is 1. The number of fused-ring (bicyclic) bond motifs is 1. The van der Waals surface area contributed by atoms with E-state index in [9.17, 15) is 4.79 Å². The van der Waals surface area contributed by atoms with E-state index in [4.69, 9.17) is 14.6 Å². The van der Waals surface area contributed by atoms with Crippen LogP contribution in [0, 0.1) is 5.92 Å². The zero-order valence-electron chi connectivity index (χ0n) is 11.2. The second kappa shape index (κ2) is 4.44. The Labute approximate surface area is 112 Å². The van der Waals surface area contributed by atoms with E-state index < -0.39 is 5.97 Å². The van der Waals surface area contributed by atoms with Crippen LogP contribution in [0.15, 0.2) is 12.1 Å². The smallest absolute Gasteiger partial charge is 0.307 e. The largest absolute Gasteiger partial charge is 0.494 e. The average molecular weight is 262 g/mol. The van der Waals surface area contributed by atoms with E-state index >= 15 is 0 Å². The van der Waals surface area contributed by atoms with Gasteiger partial charge in [-0.3, -0.25) is 4.79 Å². The Morgan fingerprint density at radius 1 is 1.53 bits per heavy atom. The Hall–Kier alpha value is -1.71. The summed E-state index contributed by atoms with van der Waals surface area (Å²) in [6.07, 6.45) is 1.78. The normalized spacial score (nSPS) is 27.6. The fourth-order valence-corrected chi connectivity index (χ4v) is 2.84. The molecule has 1 aliphatic heterocycles. The topological polar surface area (TPSA) is 55.8 Å². The van der Waals surface area contributed by atoms with Crippen LogP contribution in [0.5, 0.6) is 11.5 Å². The summed E-state index contributed by atoms with van der Waals surface area (Å²) in [7, 11) is 0. The Balaban J connectivity index is 1.94. The molecule has 1 N–H and O–H groups in total. The van der Waals surface area contributed by atoms with Gasteiger partial charge in [0.25, 0.3) is 0 Å². The van der Waals surface area contributed by atoms with Crippen LogP contribution in [0.25, 0.3) is 0 Å². The van der Waals surface area contributed by atoms with Gasteiger partial charge in [-0.25, -0.2) is 0 Å². The van der Waals surface area contributed by atoms with Gasteiger partial charge in [0.2, 0.25) is 0 Å². The SMILES string of the molecule is CCOc1cc2c(cc1[C@@H]1C[C@H]1C(=O)O)OC(C)C2. The van der Waals surface area contributed by atoms with Crippen molar-refractivity contribution in [3.05, 3.63) is 23.3 Å². The average Bonchev–Trinajstić information content (AvgIpc) is 3.05. The number of benzene rings is 1. The van der Waals surface area contributed by atoms with Crippen LogP contribution in [0.1, 0.15) is 37.3 Å². The summed E-state index contributed by atoms with van der Waals surface area (Å²) < 4.78 is 11.4. The number of carboxylic acids is 1. The Morgan fingerprint density at radius 3 is 2.95 bits per heavy atom. The summed E-state index contributed by atoms with van der Waals surface area (Å²) in [5.41, 5.74) is 2.15. The molecule has 3 rings (SSSR count). The van der Waals surface area contributed by atoms with Crippen molar-refractivity contribution in [1.82, 2.24) is 0 Å². The summed E-state index contributed by atoms with van der Waals surface area (Å²) in [5, 5.41) is 9.07. The van der Waals surface area contributed by atoms with Crippen molar-refractivity contribution in [3.63, 3.8) is 0 Å². The molecule has 0 spiro atoms. The minimum Gasteiger partial charge on any atom is -0.494 e. The molecular formula is C15H18O4. The fraction of sp³-hybridized carbons (Fsp3) is 0.533. The molecule has 0 bridgehead atoms. The molecule has 1 fully saturated rings. The van der Waals surface area contributed by atoms with E-state index in [1.165, 1.54) is 0 Å². The van der Waals surface area contributed by atoms with Crippen LogP contribution < -0.4 is 9.47 Å². The third-order valence-corrected chi connectivity index (χ3v) is 3.84. The lowest BCUT2D eigenvalue weighted by molar-refractivity contribution is -0.138. The Kier molecular flexibility index (Phi) is 2.88. The monoisotopic (exact) mass is 262 g/mol. The first kappa shape index (κ1) is 12.3. The minimum absolute atomic E-state index is 0.0730. The minimum atomic E-state index is -0.720. The predicted molar refractivity (Wildman–Crippen MR) is 69.9 cm³/mol. The van der Waals surface area contributed by atoms with Crippen LogP contribution in [0.4, 0.5) is 0 Å². The zero-order chi connectivity index (χ0) is 13.6. The van der Waals surface area contributed by atoms with Crippen molar-refractivity contribution in [2.24, 2.45) is 5.92 Å². The lowest BCUT2D eigenvalue weighted by Gasteiger charge is -2.12. The van der Waals surface area contributed by atoms with Gasteiger partial charge in [0.05, 0.1) is 12.5 Å². The quantitative estimate of drug-likeness (QED) is 0.906. The highest BCUT2D eigenvalue weighted by molar-refractivity contribution is 5.76. The molecule has 4 heteroatoms. The van der Waals surface area contributed by atoms with Crippen LogP contribution >= 0.6 is 0 Å². The Morgan fingerprint density at radius 2 is 2.32 bits per heavy atom. The van der Waals surface area contributed by atoms with Crippen LogP contribution in [-0.2, 0) is 11.2 Å². The predicted octanol–water partition coefficient (Wildman–Crippen LogP) is 2.60. The highest BCUT2D eigenvalue weighted by Crippen LogP contribution is 2.52. The molecule has 2 aliphatic rings. The van der Waals surface area contributed by atoms with Crippen molar-refractivity contribution in [3.8, 4) is 11.5 Å². The summed E-state index contributed by atoms with van der Waals surface area (Å²) in [6, 6.07) is 4.01. The third-order valence-electron chi connectivity index (χ3n) is 3.84. The molecule has 0 amide bonds. The molecule has 19 heavy (non-hydrogen) atoms. The number of hydrogen-bond donors (Lipinski definition) is 1. The molecule has 102 valence electrons. The number of rotatable bonds is 4. The first-order chi connectivity index (χ1) is 9.10. The first-order valence-corrected chi connectivity index (χ1v) is 6.79. The van der Waals surface area contributed by atoms with Gasteiger partial charge >= 0.3 is 5.97 Å². The van der Waals surface area contributed by atoms with Crippen molar-refractivity contribution in [1.29, 1.82) is 0 Å². The molecule has 1 aromatic rings. The summed E-state index contributed by atoms with van der Waals surface area (Å²) in [6.45, 7) is 4.57. The maximum Gasteiger partial charge on any atom is 0.307 e. The number of ether oxygens (including phenoxy) is 2. The molecule has 0 aromatic heterocycles. The molecule has 0 saturated heterocycles. The maximum absolute atomic E-state index is 11.0. The van der Waals surface area contributed by atoms with E-state index in [1.807, 2.05) is 26.0 Å². The fourth-order valence-electron chi connectivity index (χ4n) is 2.84. The third kappa shape index (κ3) is 2.15. The molecule has 0 radical (unpaired) electrons. The van der Waals surface area contributed by atoms with Crippen LogP contribution in [0.2, 0.25) is 0 Å². The summed E-state index contributed by atoms with van der Waals surface area (Å²) in [4.78, 5) is 11.0. The highest BCUT2D eigenvalue weighted by atomic mass is 16.5. The van der Waals surface area contributed by atoms with E-state index in [1.54, 1.807) is 0 Å². The van der Waals surface area contributed by atoms with Crippen molar-refractivity contribution in [2.45, 2.75) is 38.7 Å². The molecule has 1 unspecified atom stereocenters. The molecule has 1 saturated carbocycles. The van der Waals surface area contributed by atoms with Crippen molar-refractivity contribution < 1.29 is 19.4 Å². The van der Waals surface area contributed by atoms with Gasteiger partial charge in [-0.15, -0.1) is 0 Å². The Bertz CT molecular complexity index is 523. The van der Waals surface area contributed by atoms with Gasteiger partial charge in [0.1, 0.15) is 17.6 Å². The second-order valence-electron chi connectivity index (χ2n) is 5.35. The number of carboxylic acid groups (broad SMARTS) is 1. The van der Waals surface area contributed by atoms with Gasteiger partial charge in [-0.05, 0) is 32.4 Å². The van der Waals surface area contributed by atoms with E-state index in [0.29, 0.717) is 13.0 Å². The zero-order valence-corrected chi connectivity index (χ0v) is 11.2. The van der Waals surface area contributed by atoms with E-state index in [-0.39, 0.29) is 17.9 Å². The molecule has 1 aromatic carbocycles. The van der Waals surface area contributed by atoms with Gasteiger partial charge < -0.3 is 14.6 Å². The lowest BCUT2D eigenvalue weighted by Crippen LogP contribution is -2.05. The molecule has 1 aliphatic carbocycles. The summed E-state index contributed by atoms with van der Waals surface area (Å²) >= 11 is 0. The molecular weight excluding hydrogens is 244 g/mol. The van der Waals surface area contributed by atoms with Crippen LogP contribution in [-0.4, -0.2) is 23.8 Å². The molecule has 3 atom stereocenters. The maximum atomic E-state index is 11.0. The highest BCUT2D eigenvalue weighted by Gasteiger charge is 2.46. The molecule has 1 heterocycles. The summed E-state index contributed by atoms with van der Waals surface area (Å²) in [5.74, 6) is 0.803. The molecule has 4 nitrogen and oxygen atoms in total. The lowest BCUT2D eigenvalue weighted by atomic mass is 10.0.